The first-order valence-electron chi connectivity index (χ1n) is 9.45. The Labute approximate surface area is 154 Å². The molecule has 3 rings (SSSR count). The van der Waals surface area contributed by atoms with E-state index in [1.807, 2.05) is 23.1 Å². The van der Waals surface area contributed by atoms with E-state index in [0.29, 0.717) is 25.2 Å². The second-order valence-corrected chi connectivity index (χ2v) is 7.24. The highest BCUT2D eigenvalue weighted by atomic mass is 16.2. The molecule has 0 spiro atoms. The van der Waals surface area contributed by atoms with Crippen LogP contribution in [0.4, 0.5) is 0 Å². The van der Waals surface area contributed by atoms with Gasteiger partial charge in [0.25, 0.3) is 5.91 Å². The molecule has 2 saturated heterocycles. The lowest BCUT2D eigenvalue weighted by Gasteiger charge is -2.37. The molecule has 0 saturated carbocycles. The summed E-state index contributed by atoms with van der Waals surface area (Å²) >= 11 is 0. The van der Waals surface area contributed by atoms with Crippen molar-refractivity contribution in [2.75, 3.05) is 26.2 Å². The number of carbonyl (C=O) groups excluding carboxylic acids is 3. The summed E-state index contributed by atoms with van der Waals surface area (Å²) in [4.78, 5) is 40.3. The molecule has 6 heteroatoms. The first-order valence-corrected chi connectivity index (χ1v) is 9.45. The summed E-state index contributed by atoms with van der Waals surface area (Å²) in [5, 5.41) is 3.07. The summed E-state index contributed by atoms with van der Waals surface area (Å²) in [6.07, 6.45) is 3.29. The van der Waals surface area contributed by atoms with E-state index in [1.54, 1.807) is 24.0 Å². The molecule has 0 aliphatic carbocycles. The van der Waals surface area contributed by atoms with Crippen LogP contribution < -0.4 is 5.32 Å². The van der Waals surface area contributed by atoms with E-state index in [0.717, 1.165) is 32.2 Å². The van der Waals surface area contributed by atoms with Gasteiger partial charge in [-0.3, -0.25) is 14.4 Å². The molecule has 2 heterocycles. The first kappa shape index (κ1) is 18.4. The summed E-state index contributed by atoms with van der Waals surface area (Å²) in [5.41, 5.74) is 0.664. The Kier molecular flexibility index (Phi) is 5.91. The van der Waals surface area contributed by atoms with Gasteiger partial charge in [0.2, 0.25) is 11.8 Å². The summed E-state index contributed by atoms with van der Waals surface area (Å²) < 4.78 is 0. The predicted molar refractivity (Wildman–Crippen MR) is 98.5 cm³/mol. The van der Waals surface area contributed by atoms with Crippen molar-refractivity contribution in [1.29, 1.82) is 0 Å². The largest absolute Gasteiger partial charge is 0.349 e. The van der Waals surface area contributed by atoms with Crippen molar-refractivity contribution >= 4 is 17.7 Å². The molecule has 6 nitrogen and oxygen atoms in total. The van der Waals surface area contributed by atoms with Crippen LogP contribution >= 0.6 is 0 Å². The summed E-state index contributed by atoms with van der Waals surface area (Å²) in [6, 6.07) is 9.30. The number of likely N-dealkylation sites (tertiary alicyclic amines) is 2. The average molecular weight is 357 g/mol. The Morgan fingerprint density at radius 3 is 2.31 bits per heavy atom. The first-order chi connectivity index (χ1) is 12.5. The minimum atomic E-state index is -0.0805. The third-order valence-corrected chi connectivity index (χ3v) is 5.39. The van der Waals surface area contributed by atoms with E-state index >= 15 is 0 Å². The molecule has 2 fully saturated rings. The zero-order chi connectivity index (χ0) is 18.5. The Bertz CT molecular complexity index is 654. The highest BCUT2D eigenvalue weighted by Gasteiger charge is 2.32. The van der Waals surface area contributed by atoms with Crippen LogP contribution in [0.3, 0.4) is 0 Å². The second kappa shape index (κ2) is 8.34. The van der Waals surface area contributed by atoms with E-state index in [9.17, 15) is 14.4 Å². The normalized spacial score (nSPS) is 21.3. The Morgan fingerprint density at radius 2 is 1.65 bits per heavy atom. The number of benzene rings is 1. The number of nitrogens with one attached hydrogen (secondary N) is 1. The van der Waals surface area contributed by atoms with Crippen LogP contribution in [-0.2, 0) is 9.59 Å². The lowest BCUT2D eigenvalue weighted by molar-refractivity contribution is -0.141. The van der Waals surface area contributed by atoms with Gasteiger partial charge in [-0.2, -0.15) is 0 Å². The van der Waals surface area contributed by atoms with Gasteiger partial charge in [-0.15, -0.1) is 0 Å². The molecular weight excluding hydrogens is 330 g/mol. The third kappa shape index (κ3) is 4.42. The van der Waals surface area contributed by atoms with Crippen molar-refractivity contribution in [1.82, 2.24) is 15.1 Å². The molecule has 1 N–H and O–H groups in total. The van der Waals surface area contributed by atoms with Gasteiger partial charge in [-0.05, 0) is 37.8 Å². The molecule has 26 heavy (non-hydrogen) atoms. The molecule has 0 radical (unpaired) electrons. The lowest BCUT2D eigenvalue weighted by Crippen LogP contribution is -2.51. The topological polar surface area (TPSA) is 69.7 Å². The van der Waals surface area contributed by atoms with Crippen LogP contribution in [0.1, 0.15) is 43.0 Å². The summed E-state index contributed by atoms with van der Waals surface area (Å²) in [7, 11) is 0. The Balaban J connectivity index is 1.48. The van der Waals surface area contributed by atoms with Crippen LogP contribution in [0.15, 0.2) is 30.3 Å². The van der Waals surface area contributed by atoms with E-state index in [-0.39, 0.29) is 29.7 Å². The van der Waals surface area contributed by atoms with Crippen molar-refractivity contribution in [2.45, 2.75) is 38.6 Å². The number of rotatable bonds is 3. The maximum absolute atomic E-state index is 12.8. The maximum atomic E-state index is 12.8. The number of nitrogens with zero attached hydrogens (tertiary/aromatic N) is 2. The van der Waals surface area contributed by atoms with Gasteiger partial charge in [-0.1, -0.05) is 18.2 Å². The smallest absolute Gasteiger partial charge is 0.251 e. The van der Waals surface area contributed by atoms with Gasteiger partial charge >= 0.3 is 0 Å². The van der Waals surface area contributed by atoms with Crippen molar-refractivity contribution in [3.63, 3.8) is 0 Å². The van der Waals surface area contributed by atoms with Crippen LogP contribution in [0.25, 0.3) is 0 Å². The summed E-state index contributed by atoms with van der Waals surface area (Å²) in [6.45, 7) is 4.18. The van der Waals surface area contributed by atoms with Crippen LogP contribution in [0.2, 0.25) is 0 Å². The van der Waals surface area contributed by atoms with Gasteiger partial charge < -0.3 is 15.1 Å². The van der Waals surface area contributed by atoms with Gasteiger partial charge in [0.1, 0.15) is 0 Å². The third-order valence-electron chi connectivity index (χ3n) is 5.39. The molecule has 2 aliphatic rings. The fourth-order valence-electron chi connectivity index (χ4n) is 3.83. The molecule has 1 aromatic rings. The van der Waals surface area contributed by atoms with Gasteiger partial charge in [-0.25, -0.2) is 0 Å². The number of hydrogen-bond acceptors (Lipinski definition) is 3. The highest BCUT2D eigenvalue weighted by Crippen LogP contribution is 2.21. The fraction of sp³-hybridized carbons (Fsp3) is 0.550. The minimum Gasteiger partial charge on any atom is -0.349 e. The van der Waals surface area contributed by atoms with Gasteiger partial charge in [0, 0.05) is 44.7 Å². The Hall–Kier alpha value is -2.37. The molecule has 1 aromatic carbocycles. The maximum Gasteiger partial charge on any atom is 0.251 e. The highest BCUT2D eigenvalue weighted by molar-refractivity contribution is 5.94. The number of amides is 3. The molecular formula is C20H27N3O3. The quantitative estimate of drug-likeness (QED) is 0.895. The molecule has 3 amide bonds. The van der Waals surface area contributed by atoms with Gasteiger partial charge in [0.15, 0.2) is 0 Å². The van der Waals surface area contributed by atoms with Crippen molar-refractivity contribution < 1.29 is 14.4 Å². The second-order valence-electron chi connectivity index (χ2n) is 7.24. The number of hydrogen-bond donors (Lipinski definition) is 1. The SMILES string of the molecule is CC(=O)N1CCCC(C(=O)N2CCC(NC(=O)c3ccccc3)CC2)C1. The monoisotopic (exact) mass is 357 g/mol. The zero-order valence-electron chi connectivity index (χ0n) is 15.3. The average Bonchev–Trinajstić information content (AvgIpc) is 2.68. The van der Waals surface area contributed by atoms with E-state index in [4.69, 9.17) is 0 Å². The van der Waals surface area contributed by atoms with Crippen LogP contribution in [-0.4, -0.2) is 59.7 Å². The summed E-state index contributed by atoms with van der Waals surface area (Å²) in [5.74, 6) is 0.0662. The molecule has 0 aromatic heterocycles. The van der Waals surface area contributed by atoms with Gasteiger partial charge in [0.05, 0.1) is 5.92 Å². The van der Waals surface area contributed by atoms with Crippen molar-refractivity contribution in [3.8, 4) is 0 Å². The van der Waals surface area contributed by atoms with Crippen LogP contribution in [0.5, 0.6) is 0 Å². The standard InChI is InChI=1S/C20H27N3O3/c1-15(24)23-11-5-8-17(14-23)20(26)22-12-9-18(10-13-22)21-19(25)16-6-3-2-4-7-16/h2-4,6-7,17-18H,5,8-14H2,1H3,(H,21,25). The van der Waals surface area contributed by atoms with E-state index in [2.05, 4.69) is 5.32 Å². The van der Waals surface area contributed by atoms with E-state index < -0.39 is 0 Å². The zero-order valence-corrected chi connectivity index (χ0v) is 15.3. The Morgan fingerprint density at radius 1 is 0.962 bits per heavy atom. The fourth-order valence-corrected chi connectivity index (χ4v) is 3.83. The number of piperidine rings is 2. The molecule has 2 aliphatic heterocycles. The lowest BCUT2D eigenvalue weighted by atomic mass is 9.94. The molecule has 1 unspecified atom stereocenters. The van der Waals surface area contributed by atoms with Crippen molar-refractivity contribution in [3.05, 3.63) is 35.9 Å². The molecule has 1 atom stereocenters. The van der Waals surface area contributed by atoms with Crippen molar-refractivity contribution in [2.24, 2.45) is 5.92 Å². The minimum absolute atomic E-state index is 0.0461. The number of carbonyl (C=O) groups is 3. The molecule has 140 valence electrons. The predicted octanol–water partition coefficient (Wildman–Crippen LogP) is 1.67. The molecule has 0 bridgehead atoms. The van der Waals surface area contributed by atoms with E-state index in [1.165, 1.54) is 0 Å². The van der Waals surface area contributed by atoms with Crippen LogP contribution in [0, 0.1) is 5.92 Å².